The Labute approximate surface area is 131 Å². The number of carboxylic acids is 1. The Morgan fingerprint density at radius 1 is 1.52 bits per heavy atom. The number of benzene rings is 1. The molecular weight excluding hydrogens is 340 g/mol. The highest BCUT2D eigenvalue weighted by Crippen LogP contribution is 2.24. The van der Waals surface area contributed by atoms with Crippen LogP contribution < -0.4 is 5.32 Å². The van der Waals surface area contributed by atoms with Gasteiger partial charge in [-0.05, 0) is 40.5 Å². The van der Waals surface area contributed by atoms with E-state index in [4.69, 9.17) is 9.84 Å². The number of ether oxygens (including phenoxy) is 1. The molecule has 1 aromatic rings. The topological polar surface area (TPSA) is 78.9 Å². The number of urea groups is 1. The van der Waals surface area contributed by atoms with Gasteiger partial charge in [0.25, 0.3) is 0 Å². The highest BCUT2D eigenvalue weighted by Gasteiger charge is 2.29. The molecule has 1 aliphatic rings. The van der Waals surface area contributed by atoms with Crippen molar-refractivity contribution in [1.82, 2.24) is 4.90 Å². The third kappa shape index (κ3) is 4.18. The van der Waals surface area contributed by atoms with E-state index in [0.29, 0.717) is 18.8 Å². The molecule has 1 aromatic carbocycles. The van der Waals surface area contributed by atoms with Gasteiger partial charge in [-0.1, -0.05) is 6.07 Å². The lowest BCUT2D eigenvalue weighted by atomic mass is 10.1. The fraction of sp³-hybridized carbons (Fsp3) is 0.429. The molecule has 1 saturated heterocycles. The van der Waals surface area contributed by atoms with Gasteiger partial charge in [0.15, 0.2) is 0 Å². The molecule has 114 valence electrons. The van der Waals surface area contributed by atoms with E-state index in [1.807, 2.05) is 25.1 Å². The number of hydrogen-bond acceptors (Lipinski definition) is 3. The van der Waals surface area contributed by atoms with Crippen molar-refractivity contribution in [1.29, 1.82) is 0 Å². The maximum absolute atomic E-state index is 12.4. The summed E-state index contributed by atoms with van der Waals surface area (Å²) in [6, 6.07) is 4.89. The standard InChI is InChI=1S/C14H17BrN2O4/c1-9-2-3-11(15)12(6-9)16-14(20)17-4-5-21-8-10(17)7-13(18)19/h2-3,6,10H,4-5,7-8H2,1H3,(H,16,20)(H,18,19). The zero-order valence-electron chi connectivity index (χ0n) is 11.6. The summed E-state index contributed by atoms with van der Waals surface area (Å²) in [5.41, 5.74) is 1.69. The monoisotopic (exact) mass is 356 g/mol. The fourth-order valence-corrected chi connectivity index (χ4v) is 2.56. The molecule has 2 rings (SSSR count). The first-order valence-electron chi connectivity index (χ1n) is 6.60. The van der Waals surface area contributed by atoms with Crippen LogP contribution in [0.3, 0.4) is 0 Å². The van der Waals surface area contributed by atoms with E-state index in [2.05, 4.69) is 21.2 Å². The lowest BCUT2D eigenvalue weighted by Gasteiger charge is -2.34. The number of aryl methyl sites for hydroxylation is 1. The summed E-state index contributed by atoms with van der Waals surface area (Å²) in [5.74, 6) is -0.944. The third-order valence-electron chi connectivity index (χ3n) is 3.26. The van der Waals surface area contributed by atoms with E-state index in [1.165, 1.54) is 4.90 Å². The van der Waals surface area contributed by atoms with Crippen molar-refractivity contribution in [2.24, 2.45) is 0 Å². The average molecular weight is 357 g/mol. The molecule has 0 radical (unpaired) electrons. The van der Waals surface area contributed by atoms with Gasteiger partial charge in [0.2, 0.25) is 0 Å². The van der Waals surface area contributed by atoms with Gasteiger partial charge >= 0.3 is 12.0 Å². The number of amides is 2. The SMILES string of the molecule is Cc1ccc(Br)c(NC(=O)N2CCOCC2CC(=O)O)c1. The van der Waals surface area contributed by atoms with Crippen LogP contribution in [0.25, 0.3) is 0 Å². The molecule has 0 aliphatic carbocycles. The van der Waals surface area contributed by atoms with Gasteiger partial charge in [-0.25, -0.2) is 4.79 Å². The first kappa shape index (κ1) is 15.8. The Bertz CT molecular complexity index is 550. The van der Waals surface area contributed by atoms with Crippen LogP contribution in [0.1, 0.15) is 12.0 Å². The van der Waals surface area contributed by atoms with Crippen LogP contribution in [-0.4, -0.2) is 47.8 Å². The van der Waals surface area contributed by atoms with Crippen LogP contribution in [-0.2, 0) is 9.53 Å². The molecule has 0 aromatic heterocycles. The maximum Gasteiger partial charge on any atom is 0.322 e. The molecular formula is C14H17BrN2O4. The number of rotatable bonds is 3. The van der Waals surface area contributed by atoms with Crippen LogP contribution in [0.2, 0.25) is 0 Å². The smallest absolute Gasteiger partial charge is 0.322 e. The van der Waals surface area contributed by atoms with E-state index < -0.39 is 12.0 Å². The second-order valence-corrected chi connectivity index (χ2v) is 5.79. The van der Waals surface area contributed by atoms with E-state index in [1.54, 1.807) is 0 Å². The highest BCUT2D eigenvalue weighted by molar-refractivity contribution is 9.10. The van der Waals surface area contributed by atoms with Crippen LogP contribution in [0.5, 0.6) is 0 Å². The molecule has 2 amide bonds. The number of hydrogen-bond donors (Lipinski definition) is 2. The van der Waals surface area contributed by atoms with E-state index in [-0.39, 0.29) is 19.1 Å². The Kier molecular flexibility index (Phi) is 5.19. The van der Waals surface area contributed by atoms with Crippen LogP contribution in [0.15, 0.2) is 22.7 Å². The van der Waals surface area contributed by atoms with Crippen LogP contribution >= 0.6 is 15.9 Å². The quantitative estimate of drug-likeness (QED) is 0.871. The highest BCUT2D eigenvalue weighted by atomic mass is 79.9. The number of nitrogens with one attached hydrogen (secondary N) is 1. The molecule has 1 heterocycles. The summed E-state index contributed by atoms with van der Waals surface area (Å²) in [7, 11) is 0. The molecule has 6 nitrogen and oxygen atoms in total. The normalized spacial score (nSPS) is 18.4. The molecule has 1 fully saturated rings. The first-order chi connectivity index (χ1) is 9.97. The van der Waals surface area contributed by atoms with Crippen molar-refractivity contribution >= 4 is 33.6 Å². The summed E-state index contributed by atoms with van der Waals surface area (Å²) in [5, 5.41) is 11.7. The van der Waals surface area contributed by atoms with Crippen LogP contribution in [0, 0.1) is 6.92 Å². The Morgan fingerprint density at radius 2 is 2.29 bits per heavy atom. The number of carbonyl (C=O) groups excluding carboxylic acids is 1. The van der Waals surface area contributed by atoms with Crippen molar-refractivity contribution in [3.05, 3.63) is 28.2 Å². The van der Waals surface area contributed by atoms with Crippen molar-refractivity contribution in [3.8, 4) is 0 Å². The molecule has 0 saturated carbocycles. The number of anilines is 1. The second-order valence-electron chi connectivity index (χ2n) is 4.93. The minimum Gasteiger partial charge on any atom is -0.481 e. The lowest BCUT2D eigenvalue weighted by molar-refractivity contribution is -0.139. The van der Waals surface area contributed by atoms with E-state index >= 15 is 0 Å². The second kappa shape index (κ2) is 6.91. The first-order valence-corrected chi connectivity index (χ1v) is 7.40. The van der Waals surface area contributed by atoms with Gasteiger partial charge in [0.05, 0.1) is 31.4 Å². The molecule has 1 aliphatic heterocycles. The number of morpholine rings is 1. The maximum atomic E-state index is 12.4. The Hall–Kier alpha value is -1.60. The predicted molar refractivity (Wildman–Crippen MR) is 81.5 cm³/mol. The van der Waals surface area contributed by atoms with Crippen molar-refractivity contribution < 1.29 is 19.4 Å². The van der Waals surface area contributed by atoms with Gasteiger partial charge in [0.1, 0.15) is 0 Å². The lowest BCUT2D eigenvalue weighted by Crippen LogP contribution is -2.51. The average Bonchev–Trinajstić information content (AvgIpc) is 2.42. The zero-order valence-corrected chi connectivity index (χ0v) is 13.2. The number of nitrogens with zero attached hydrogens (tertiary/aromatic N) is 1. The Balaban J connectivity index is 2.10. The largest absolute Gasteiger partial charge is 0.481 e. The van der Waals surface area contributed by atoms with Gasteiger partial charge in [-0.2, -0.15) is 0 Å². The number of carbonyl (C=O) groups is 2. The van der Waals surface area contributed by atoms with Crippen LogP contribution in [0.4, 0.5) is 10.5 Å². The van der Waals surface area contributed by atoms with Gasteiger partial charge < -0.3 is 20.1 Å². The minimum atomic E-state index is -0.944. The van der Waals surface area contributed by atoms with Gasteiger partial charge in [0, 0.05) is 11.0 Å². The molecule has 0 spiro atoms. The van der Waals surface area contributed by atoms with E-state index in [0.717, 1.165) is 10.0 Å². The summed E-state index contributed by atoms with van der Waals surface area (Å²) in [6.45, 7) is 2.98. The van der Waals surface area contributed by atoms with Crippen molar-refractivity contribution in [2.75, 3.05) is 25.1 Å². The summed E-state index contributed by atoms with van der Waals surface area (Å²) in [4.78, 5) is 24.8. The fourth-order valence-electron chi connectivity index (χ4n) is 2.21. The predicted octanol–water partition coefficient (Wildman–Crippen LogP) is 2.46. The van der Waals surface area contributed by atoms with Gasteiger partial charge in [-0.3, -0.25) is 4.79 Å². The van der Waals surface area contributed by atoms with E-state index in [9.17, 15) is 9.59 Å². The molecule has 2 N–H and O–H groups in total. The zero-order chi connectivity index (χ0) is 15.4. The van der Waals surface area contributed by atoms with Crippen molar-refractivity contribution in [3.63, 3.8) is 0 Å². The minimum absolute atomic E-state index is 0.123. The van der Waals surface area contributed by atoms with Gasteiger partial charge in [-0.15, -0.1) is 0 Å². The number of aliphatic carboxylic acids is 1. The molecule has 21 heavy (non-hydrogen) atoms. The number of carboxylic acid groups (broad SMARTS) is 1. The summed E-state index contributed by atoms with van der Waals surface area (Å²) < 4.78 is 6.04. The molecule has 1 atom stereocenters. The molecule has 7 heteroatoms. The number of halogens is 1. The summed E-state index contributed by atoms with van der Waals surface area (Å²) in [6.07, 6.45) is -0.123. The molecule has 0 bridgehead atoms. The third-order valence-corrected chi connectivity index (χ3v) is 3.95. The molecule has 1 unspecified atom stereocenters. The summed E-state index contributed by atoms with van der Waals surface area (Å²) >= 11 is 3.39. The Morgan fingerprint density at radius 3 is 3.00 bits per heavy atom. The van der Waals surface area contributed by atoms with Crippen molar-refractivity contribution in [2.45, 2.75) is 19.4 Å².